The van der Waals surface area contributed by atoms with Crippen LogP contribution in [0.5, 0.6) is 0 Å². The highest BCUT2D eigenvalue weighted by Gasteiger charge is 2.51. The Morgan fingerprint density at radius 3 is 1.83 bits per heavy atom. The van der Waals surface area contributed by atoms with Crippen molar-refractivity contribution in [2.45, 2.75) is 71.1 Å². The van der Waals surface area contributed by atoms with E-state index in [4.69, 9.17) is 9.16 Å². The molecule has 0 aromatic heterocycles. The highest BCUT2D eigenvalue weighted by atomic mass is 28.4. The summed E-state index contributed by atoms with van der Waals surface area (Å²) < 4.78 is 13.3. The number of ether oxygens (including phenoxy) is 1. The van der Waals surface area contributed by atoms with Gasteiger partial charge < -0.3 is 14.0 Å². The summed E-state index contributed by atoms with van der Waals surface area (Å²) in [5.74, 6) is 0.148. The van der Waals surface area contributed by atoms with Gasteiger partial charge in [0.05, 0.1) is 6.61 Å². The van der Waals surface area contributed by atoms with Crippen LogP contribution in [0.3, 0.4) is 0 Å². The van der Waals surface area contributed by atoms with Gasteiger partial charge in [0, 0.05) is 19.1 Å². The van der Waals surface area contributed by atoms with Gasteiger partial charge in [0.1, 0.15) is 6.29 Å². The minimum Gasteiger partial charge on any atom is -0.404 e. The summed E-state index contributed by atoms with van der Waals surface area (Å²) in [5, 5.41) is 2.46. The topological polar surface area (TPSA) is 35.5 Å². The molecule has 0 bridgehead atoms. The Balaban J connectivity index is 1.80. The number of aldehydes is 1. The van der Waals surface area contributed by atoms with Crippen molar-refractivity contribution in [1.82, 2.24) is 0 Å². The fraction of sp³-hybridized carbons (Fsp3) is 0.406. The Hall–Kier alpha value is -2.53. The molecule has 0 aliphatic carbocycles. The number of carbonyl (C=O) groups is 1. The van der Waals surface area contributed by atoms with Crippen molar-refractivity contribution in [3.05, 3.63) is 96.6 Å². The third-order valence-corrected chi connectivity index (χ3v) is 12.0. The van der Waals surface area contributed by atoms with Crippen molar-refractivity contribution in [1.29, 1.82) is 0 Å². The van der Waals surface area contributed by atoms with Gasteiger partial charge in [-0.2, -0.15) is 0 Å². The summed E-state index contributed by atoms with van der Waals surface area (Å²) in [7, 11) is -2.67. The van der Waals surface area contributed by atoms with Crippen LogP contribution in [0, 0.1) is 5.92 Å². The van der Waals surface area contributed by atoms with Gasteiger partial charge in [-0.05, 0) is 46.2 Å². The fourth-order valence-electron chi connectivity index (χ4n) is 5.00. The van der Waals surface area contributed by atoms with E-state index in [2.05, 4.69) is 100 Å². The molecule has 0 radical (unpaired) electrons. The van der Waals surface area contributed by atoms with Crippen LogP contribution in [0.15, 0.2) is 91.0 Å². The van der Waals surface area contributed by atoms with Crippen LogP contribution in [0.2, 0.25) is 5.04 Å². The van der Waals surface area contributed by atoms with E-state index >= 15 is 0 Å². The van der Waals surface area contributed by atoms with Gasteiger partial charge >= 0.3 is 0 Å². The van der Waals surface area contributed by atoms with Crippen LogP contribution in [0.1, 0.15) is 58.9 Å². The SMILES string of the molecule is C[C@H](CC=O)[C@@H](CCCCOCc1ccccc1)O[Si](c1ccccc1)(c1ccccc1)C(C)(C)C. The van der Waals surface area contributed by atoms with Gasteiger partial charge in [-0.15, -0.1) is 0 Å². The molecule has 0 saturated carbocycles. The number of benzene rings is 3. The first-order valence-corrected chi connectivity index (χ1v) is 15.1. The van der Waals surface area contributed by atoms with Crippen LogP contribution < -0.4 is 10.4 Å². The van der Waals surface area contributed by atoms with E-state index in [-0.39, 0.29) is 17.1 Å². The normalized spacial score (nSPS) is 13.8. The van der Waals surface area contributed by atoms with Crippen molar-refractivity contribution >= 4 is 25.0 Å². The monoisotopic (exact) mass is 502 g/mol. The molecule has 3 aromatic carbocycles. The van der Waals surface area contributed by atoms with Gasteiger partial charge in [-0.25, -0.2) is 0 Å². The molecule has 0 heterocycles. The summed E-state index contributed by atoms with van der Waals surface area (Å²) in [6.45, 7) is 10.4. The second kappa shape index (κ2) is 13.7. The minimum atomic E-state index is -2.67. The largest absolute Gasteiger partial charge is 0.404 e. The van der Waals surface area contributed by atoms with E-state index in [0.717, 1.165) is 32.2 Å². The van der Waals surface area contributed by atoms with E-state index < -0.39 is 8.32 Å². The average molecular weight is 503 g/mol. The lowest BCUT2D eigenvalue weighted by molar-refractivity contribution is -0.109. The lowest BCUT2D eigenvalue weighted by Gasteiger charge is -2.46. The molecule has 3 aromatic rings. The summed E-state index contributed by atoms with van der Waals surface area (Å²) in [4.78, 5) is 11.5. The maximum atomic E-state index is 11.5. The number of hydrogen-bond acceptors (Lipinski definition) is 3. The van der Waals surface area contributed by atoms with Gasteiger partial charge in [0.25, 0.3) is 8.32 Å². The van der Waals surface area contributed by atoms with Crippen molar-refractivity contribution in [2.75, 3.05) is 6.61 Å². The second-order valence-corrected chi connectivity index (χ2v) is 15.0. The molecule has 192 valence electrons. The van der Waals surface area contributed by atoms with Gasteiger partial charge in [-0.3, -0.25) is 0 Å². The van der Waals surface area contributed by atoms with Gasteiger partial charge in [-0.1, -0.05) is 119 Å². The average Bonchev–Trinajstić information content (AvgIpc) is 2.89. The molecule has 3 rings (SSSR count). The van der Waals surface area contributed by atoms with Crippen LogP contribution >= 0.6 is 0 Å². The van der Waals surface area contributed by atoms with Gasteiger partial charge in [0.2, 0.25) is 0 Å². The molecular weight excluding hydrogens is 460 g/mol. The van der Waals surface area contributed by atoms with Crippen LogP contribution in [0.25, 0.3) is 0 Å². The smallest absolute Gasteiger partial charge is 0.261 e. The molecule has 0 fully saturated rings. The summed E-state index contributed by atoms with van der Waals surface area (Å²) in [6.07, 6.45) is 4.43. The van der Waals surface area contributed by atoms with E-state index in [1.165, 1.54) is 15.9 Å². The molecule has 3 nitrogen and oxygen atoms in total. The number of unbranched alkanes of at least 4 members (excludes halogenated alkanes) is 1. The van der Waals surface area contributed by atoms with E-state index in [1.54, 1.807) is 0 Å². The highest BCUT2D eigenvalue weighted by molar-refractivity contribution is 6.99. The molecular formula is C32H42O3Si. The van der Waals surface area contributed by atoms with E-state index in [0.29, 0.717) is 13.0 Å². The van der Waals surface area contributed by atoms with Crippen LogP contribution in [0.4, 0.5) is 0 Å². The van der Waals surface area contributed by atoms with Crippen molar-refractivity contribution in [3.8, 4) is 0 Å². The van der Waals surface area contributed by atoms with Crippen LogP contribution in [-0.4, -0.2) is 27.3 Å². The Morgan fingerprint density at radius 1 is 0.806 bits per heavy atom. The van der Waals surface area contributed by atoms with E-state index in [9.17, 15) is 4.79 Å². The summed E-state index contributed by atoms with van der Waals surface area (Å²) in [5.41, 5.74) is 1.20. The molecule has 0 N–H and O–H groups in total. The first-order chi connectivity index (χ1) is 17.4. The maximum Gasteiger partial charge on any atom is 0.261 e. The molecule has 0 unspecified atom stereocenters. The highest BCUT2D eigenvalue weighted by Crippen LogP contribution is 2.39. The Bertz CT molecular complexity index is 976. The molecule has 0 spiro atoms. The predicted octanol–water partition coefficient (Wildman–Crippen LogP) is 6.54. The summed E-state index contributed by atoms with van der Waals surface area (Å²) >= 11 is 0. The zero-order valence-corrected chi connectivity index (χ0v) is 23.4. The third-order valence-electron chi connectivity index (χ3n) is 6.99. The number of rotatable bonds is 14. The standard InChI is InChI=1S/C32H42O3Si/c1-27(23-24-33)31(22-14-15-25-34-26-28-16-8-5-9-17-28)35-36(32(2,3)4,29-18-10-6-11-19-29)30-20-12-7-13-21-30/h5-13,16-21,24,27,31H,14-15,22-23,25-26H2,1-4H3/t27-,31-/m1/s1. The minimum absolute atomic E-state index is 0.00405. The van der Waals surface area contributed by atoms with Crippen molar-refractivity contribution in [2.24, 2.45) is 5.92 Å². The lowest BCUT2D eigenvalue weighted by atomic mass is 9.97. The second-order valence-electron chi connectivity index (χ2n) is 10.7. The molecule has 4 heteroatoms. The van der Waals surface area contributed by atoms with Crippen molar-refractivity contribution < 1.29 is 14.0 Å². The summed E-state index contributed by atoms with van der Waals surface area (Å²) in [6, 6.07) is 31.8. The molecule has 0 aliphatic rings. The molecule has 2 atom stereocenters. The predicted molar refractivity (Wildman–Crippen MR) is 152 cm³/mol. The molecule has 0 amide bonds. The third kappa shape index (κ3) is 7.25. The Morgan fingerprint density at radius 2 is 1.33 bits per heavy atom. The van der Waals surface area contributed by atoms with Gasteiger partial charge in [0.15, 0.2) is 0 Å². The molecule has 0 aliphatic heterocycles. The van der Waals surface area contributed by atoms with Crippen LogP contribution in [-0.2, 0) is 20.6 Å². The first kappa shape index (κ1) is 28.0. The maximum absolute atomic E-state index is 11.5. The van der Waals surface area contributed by atoms with E-state index in [1.807, 2.05) is 18.2 Å². The quantitative estimate of drug-likeness (QED) is 0.143. The number of hydrogen-bond donors (Lipinski definition) is 0. The fourth-order valence-corrected chi connectivity index (χ4v) is 9.81. The molecule has 36 heavy (non-hydrogen) atoms. The first-order valence-electron chi connectivity index (χ1n) is 13.2. The number of carbonyl (C=O) groups excluding carboxylic acids is 1. The zero-order chi connectivity index (χ0) is 25.9. The molecule has 0 saturated heterocycles. The Labute approximate surface area is 219 Å². The zero-order valence-electron chi connectivity index (χ0n) is 22.4. The Kier molecular flexibility index (Phi) is 10.7. The van der Waals surface area contributed by atoms with Crippen molar-refractivity contribution in [3.63, 3.8) is 0 Å². The lowest BCUT2D eigenvalue weighted by Crippen LogP contribution is -2.68.